The molecule has 1 aromatic carbocycles. The first kappa shape index (κ1) is 12.1. The number of aliphatic hydroxyl groups excluding tert-OH is 1. The maximum Gasteiger partial charge on any atom is 0.0431 e. The number of hydrogen-bond donors (Lipinski definition) is 1. The maximum absolute atomic E-state index is 8.75. The van der Waals surface area contributed by atoms with Gasteiger partial charge in [-0.1, -0.05) is 12.1 Å². The molecule has 0 atom stereocenters. The topological polar surface area (TPSA) is 23.5 Å². The SMILES string of the molecule is CCN(CCCCO)c1cccc(C)c1. The van der Waals surface area contributed by atoms with Crippen LogP contribution in [-0.2, 0) is 0 Å². The second kappa shape index (κ2) is 6.46. The molecule has 1 aromatic rings. The van der Waals surface area contributed by atoms with E-state index >= 15 is 0 Å². The Labute approximate surface area is 92.5 Å². The van der Waals surface area contributed by atoms with E-state index in [1.807, 2.05) is 0 Å². The molecule has 84 valence electrons. The van der Waals surface area contributed by atoms with Gasteiger partial charge in [-0.2, -0.15) is 0 Å². The molecule has 0 aliphatic rings. The summed E-state index contributed by atoms with van der Waals surface area (Å²) in [4.78, 5) is 2.35. The van der Waals surface area contributed by atoms with Crippen molar-refractivity contribution in [2.24, 2.45) is 0 Å². The Bertz CT molecular complexity index is 286. The van der Waals surface area contributed by atoms with Gasteiger partial charge in [0.15, 0.2) is 0 Å². The second-order valence-corrected chi connectivity index (χ2v) is 3.85. The third-order valence-electron chi connectivity index (χ3n) is 2.58. The summed E-state index contributed by atoms with van der Waals surface area (Å²) < 4.78 is 0. The Kier molecular flexibility index (Phi) is 5.19. The molecule has 1 N–H and O–H groups in total. The number of anilines is 1. The van der Waals surface area contributed by atoms with E-state index in [1.54, 1.807) is 0 Å². The van der Waals surface area contributed by atoms with Gasteiger partial charge in [-0.25, -0.2) is 0 Å². The first-order chi connectivity index (χ1) is 7.27. The number of rotatable bonds is 6. The van der Waals surface area contributed by atoms with E-state index in [0.29, 0.717) is 6.61 Å². The summed E-state index contributed by atoms with van der Waals surface area (Å²) >= 11 is 0. The molecule has 0 saturated heterocycles. The lowest BCUT2D eigenvalue weighted by Crippen LogP contribution is -2.24. The summed E-state index contributed by atoms with van der Waals surface area (Å²) in [5.41, 5.74) is 2.59. The van der Waals surface area contributed by atoms with Crippen molar-refractivity contribution in [1.29, 1.82) is 0 Å². The average Bonchev–Trinajstić information content (AvgIpc) is 2.24. The van der Waals surface area contributed by atoms with Crippen LogP contribution in [0.15, 0.2) is 24.3 Å². The van der Waals surface area contributed by atoms with Crippen LogP contribution in [0.4, 0.5) is 5.69 Å². The predicted molar refractivity (Wildman–Crippen MR) is 65.4 cm³/mol. The van der Waals surface area contributed by atoms with E-state index in [4.69, 9.17) is 5.11 Å². The van der Waals surface area contributed by atoms with Crippen LogP contribution in [0.1, 0.15) is 25.3 Å². The highest BCUT2D eigenvalue weighted by Gasteiger charge is 2.03. The van der Waals surface area contributed by atoms with Crippen molar-refractivity contribution in [3.05, 3.63) is 29.8 Å². The lowest BCUT2D eigenvalue weighted by molar-refractivity contribution is 0.285. The summed E-state index contributed by atoms with van der Waals surface area (Å²) in [5, 5.41) is 8.75. The largest absolute Gasteiger partial charge is 0.396 e. The van der Waals surface area contributed by atoms with Gasteiger partial charge in [0.05, 0.1) is 0 Å². The van der Waals surface area contributed by atoms with Crippen LogP contribution in [0.2, 0.25) is 0 Å². The molecule has 0 bridgehead atoms. The molecule has 0 radical (unpaired) electrons. The average molecular weight is 207 g/mol. The zero-order chi connectivity index (χ0) is 11.1. The predicted octanol–water partition coefficient (Wildman–Crippen LogP) is 2.59. The molecular formula is C13H21NO. The minimum atomic E-state index is 0.297. The minimum Gasteiger partial charge on any atom is -0.396 e. The Morgan fingerprint density at radius 2 is 2.07 bits per heavy atom. The summed E-state index contributed by atoms with van der Waals surface area (Å²) in [6.07, 6.45) is 1.95. The van der Waals surface area contributed by atoms with E-state index in [0.717, 1.165) is 25.9 Å². The zero-order valence-corrected chi connectivity index (χ0v) is 9.74. The number of unbranched alkanes of at least 4 members (excludes halogenated alkanes) is 1. The molecule has 0 spiro atoms. The highest BCUT2D eigenvalue weighted by molar-refractivity contribution is 5.48. The lowest BCUT2D eigenvalue weighted by atomic mass is 10.2. The van der Waals surface area contributed by atoms with Gasteiger partial charge in [-0.3, -0.25) is 0 Å². The van der Waals surface area contributed by atoms with Crippen molar-refractivity contribution >= 4 is 5.69 Å². The fourth-order valence-electron chi connectivity index (χ4n) is 1.71. The normalized spacial score (nSPS) is 10.3. The molecule has 0 amide bonds. The molecular weight excluding hydrogens is 186 g/mol. The van der Waals surface area contributed by atoms with Crippen LogP contribution in [-0.4, -0.2) is 24.8 Å². The molecule has 1 rings (SSSR count). The number of benzene rings is 1. The van der Waals surface area contributed by atoms with Crippen molar-refractivity contribution in [3.8, 4) is 0 Å². The van der Waals surface area contributed by atoms with Crippen LogP contribution in [0, 0.1) is 6.92 Å². The quantitative estimate of drug-likeness (QED) is 0.725. The number of hydrogen-bond acceptors (Lipinski definition) is 2. The van der Waals surface area contributed by atoms with Crippen LogP contribution >= 0.6 is 0 Å². The van der Waals surface area contributed by atoms with Gasteiger partial charge < -0.3 is 10.0 Å². The number of aryl methyl sites for hydroxylation is 1. The minimum absolute atomic E-state index is 0.297. The van der Waals surface area contributed by atoms with Gasteiger partial charge >= 0.3 is 0 Å². The summed E-state index contributed by atoms with van der Waals surface area (Å²) in [5.74, 6) is 0. The second-order valence-electron chi connectivity index (χ2n) is 3.85. The number of nitrogens with zero attached hydrogens (tertiary/aromatic N) is 1. The lowest BCUT2D eigenvalue weighted by Gasteiger charge is -2.23. The Morgan fingerprint density at radius 1 is 1.27 bits per heavy atom. The summed E-state index contributed by atoms with van der Waals surface area (Å²) in [6.45, 7) is 6.63. The molecule has 2 nitrogen and oxygen atoms in total. The molecule has 0 aliphatic heterocycles. The summed E-state index contributed by atoms with van der Waals surface area (Å²) in [7, 11) is 0. The molecule has 15 heavy (non-hydrogen) atoms. The molecule has 0 heterocycles. The van der Waals surface area contributed by atoms with E-state index in [2.05, 4.69) is 43.0 Å². The van der Waals surface area contributed by atoms with Gasteiger partial charge in [0.1, 0.15) is 0 Å². The van der Waals surface area contributed by atoms with E-state index in [1.165, 1.54) is 11.3 Å². The maximum atomic E-state index is 8.75. The first-order valence-corrected chi connectivity index (χ1v) is 5.70. The number of aliphatic hydroxyl groups is 1. The van der Waals surface area contributed by atoms with Gasteiger partial charge in [-0.15, -0.1) is 0 Å². The van der Waals surface area contributed by atoms with E-state index < -0.39 is 0 Å². The Balaban J connectivity index is 2.57. The first-order valence-electron chi connectivity index (χ1n) is 5.70. The van der Waals surface area contributed by atoms with Crippen molar-refractivity contribution in [2.75, 3.05) is 24.6 Å². The zero-order valence-electron chi connectivity index (χ0n) is 9.74. The van der Waals surface area contributed by atoms with Gasteiger partial charge in [0.25, 0.3) is 0 Å². The molecule has 0 aromatic heterocycles. The molecule has 2 heteroatoms. The van der Waals surface area contributed by atoms with Crippen LogP contribution in [0.3, 0.4) is 0 Å². The fourth-order valence-corrected chi connectivity index (χ4v) is 1.71. The van der Waals surface area contributed by atoms with Crippen molar-refractivity contribution in [2.45, 2.75) is 26.7 Å². The molecule has 0 fully saturated rings. The Hall–Kier alpha value is -1.02. The third kappa shape index (κ3) is 3.92. The molecule has 0 unspecified atom stereocenters. The van der Waals surface area contributed by atoms with E-state index in [-0.39, 0.29) is 0 Å². The monoisotopic (exact) mass is 207 g/mol. The molecule has 0 aliphatic carbocycles. The summed E-state index contributed by atoms with van der Waals surface area (Å²) in [6, 6.07) is 8.57. The van der Waals surface area contributed by atoms with Crippen molar-refractivity contribution in [1.82, 2.24) is 0 Å². The standard InChI is InChI=1S/C13H21NO/c1-3-14(9-4-5-10-15)13-8-6-7-12(2)11-13/h6-8,11,15H,3-5,9-10H2,1-2H3. The van der Waals surface area contributed by atoms with Crippen LogP contribution < -0.4 is 4.90 Å². The van der Waals surface area contributed by atoms with Crippen molar-refractivity contribution in [3.63, 3.8) is 0 Å². The smallest absolute Gasteiger partial charge is 0.0431 e. The highest BCUT2D eigenvalue weighted by atomic mass is 16.2. The highest BCUT2D eigenvalue weighted by Crippen LogP contribution is 2.16. The molecule has 0 saturated carbocycles. The fraction of sp³-hybridized carbons (Fsp3) is 0.538. The van der Waals surface area contributed by atoms with Gasteiger partial charge in [-0.05, 0) is 44.4 Å². The van der Waals surface area contributed by atoms with Crippen LogP contribution in [0.25, 0.3) is 0 Å². The Morgan fingerprint density at radius 3 is 2.67 bits per heavy atom. The van der Waals surface area contributed by atoms with Crippen molar-refractivity contribution < 1.29 is 5.11 Å². The third-order valence-corrected chi connectivity index (χ3v) is 2.58. The van der Waals surface area contributed by atoms with Gasteiger partial charge in [0.2, 0.25) is 0 Å². The van der Waals surface area contributed by atoms with Crippen LogP contribution in [0.5, 0.6) is 0 Å². The van der Waals surface area contributed by atoms with E-state index in [9.17, 15) is 0 Å². The van der Waals surface area contributed by atoms with Gasteiger partial charge in [0, 0.05) is 25.4 Å².